The zero-order valence-corrected chi connectivity index (χ0v) is 17.6. The largest absolute Gasteiger partial charge is 0.487 e. The highest BCUT2D eigenvalue weighted by molar-refractivity contribution is 5.87. The number of hydrogen-bond donors (Lipinski definition) is 1. The molecule has 0 aliphatic heterocycles. The smallest absolute Gasteiger partial charge is 0.407 e. The Balaban J connectivity index is 2.09. The van der Waals surface area contributed by atoms with Gasteiger partial charge in [0.1, 0.15) is 29.3 Å². The van der Waals surface area contributed by atoms with Crippen LogP contribution in [0.4, 0.5) is 4.79 Å². The number of aromatic nitrogens is 2. The molecule has 8 nitrogen and oxygen atoms in total. The first-order chi connectivity index (χ1) is 13.7. The molecular formula is C21H29N3O5. The van der Waals surface area contributed by atoms with Crippen LogP contribution in [0.25, 0.3) is 0 Å². The van der Waals surface area contributed by atoms with Crippen LogP contribution >= 0.6 is 0 Å². The maximum absolute atomic E-state index is 12.3. The first-order valence-electron chi connectivity index (χ1n) is 9.60. The van der Waals surface area contributed by atoms with Crippen molar-refractivity contribution in [2.24, 2.45) is 0 Å². The van der Waals surface area contributed by atoms with Gasteiger partial charge in [0, 0.05) is 6.54 Å². The highest BCUT2D eigenvalue weighted by Gasteiger charge is 2.22. The fourth-order valence-corrected chi connectivity index (χ4v) is 2.51. The minimum Gasteiger partial charge on any atom is -0.487 e. The molecule has 1 aromatic carbocycles. The molecule has 0 radical (unpaired) electrons. The molecule has 0 bridgehead atoms. The molecule has 1 atom stereocenters. The van der Waals surface area contributed by atoms with Crippen LogP contribution in [0.15, 0.2) is 36.4 Å². The number of carbonyl (C=O) groups is 2. The molecule has 0 aliphatic rings. The topological polar surface area (TPSA) is 91.7 Å². The molecule has 0 unspecified atom stereocenters. The fourth-order valence-electron chi connectivity index (χ4n) is 2.51. The summed E-state index contributed by atoms with van der Waals surface area (Å²) >= 11 is 0. The molecule has 8 heteroatoms. The second-order valence-electron chi connectivity index (χ2n) is 7.52. The van der Waals surface area contributed by atoms with Crippen molar-refractivity contribution in [3.05, 3.63) is 47.8 Å². The third-order valence-corrected chi connectivity index (χ3v) is 3.76. The third-order valence-electron chi connectivity index (χ3n) is 3.76. The minimum atomic E-state index is -0.586. The Bertz CT molecular complexity index is 811. The van der Waals surface area contributed by atoms with E-state index in [2.05, 4.69) is 10.4 Å². The highest BCUT2D eigenvalue weighted by atomic mass is 16.6. The quantitative estimate of drug-likeness (QED) is 0.676. The Kier molecular flexibility index (Phi) is 7.64. The van der Waals surface area contributed by atoms with E-state index in [4.69, 9.17) is 14.2 Å². The summed E-state index contributed by atoms with van der Waals surface area (Å²) in [4.78, 5) is 24.3. The first kappa shape index (κ1) is 22.3. The Morgan fingerprint density at radius 2 is 1.90 bits per heavy atom. The van der Waals surface area contributed by atoms with Crippen molar-refractivity contribution >= 4 is 12.1 Å². The third kappa shape index (κ3) is 7.14. The van der Waals surface area contributed by atoms with Crippen LogP contribution < -0.4 is 10.1 Å². The Hall–Kier alpha value is -3.03. The van der Waals surface area contributed by atoms with E-state index in [0.29, 0.717) is 17.1 Å². The van der Waals surface area contributed by atoms with E-state index in [9.17, 15) is 9.59 Å². The molecule has 0 fully saturated rings. The Morgan fingerprint density at radius 3 is 2.52 bits per heavy atom. The number of hydrogen-bond acceptors (Lipinski definition) is 6. The van der Waals surface area contributed by atoms with Gasteiger partial charge < -0.3 is 19.5 Å². The van der Waals surface area contributed by atoms with Crippen molar-refractivity contribution in [3.63, 3.8) is 0 Å². The molecule has 29 heavy (non-hydrogen) atoms. The van der Waals surface area contributed by atoms with Crippen molar-refractivity contribution in [2.45, 2.75) is 52.9 Å². The van der Waals surface area contributed by atoms with Gasteiger partial charge in [0.15, 0.2) is 0 Å². The number of nitrogens with zero attached hydrogens (tertiary/aromatic N) is 2. The number of rotatable bonds is 8. The van der Waals surface area contributed by atoms with E-state index in [1.165, 1.54) is 0 Å². The lowest BCUT2D eigenvalue weighted by Gasteiger charge is -2.21. The van der Waals surface area contributed by atoms with Crippen molar-refractivity contribution in [1.82, 2.24) is 15.1 Å². The van der Waals surface area contributed by atoms with Gasteiger partial charge in [-0.2, -0.15) is 5.10 Å². The van der Waals surface area contributed by atoms with Crippen LogP contribution in [-0.2, 0) is 16.1 Å². The van der Waals surface area contributed by atoms with E-state index >= 15 is 0 Å². The lowest BCUT2D eigenvalue weighted by atomic mass is 10.2. The lowest BCUT2D eigenvalue weighted by Crippen LogP contribution is -2.36. The second-order valence-corrected chi connectivity index (χ2v) is 7.52. The van der Waals surface area contributed by atoms with Crippen LogP contribution in [0.3, 0.4) is 0 Å². The van der Waals surface area contributed by atoms with Crippen molar-refractivity contribution in [2.75, 3.05) is 13.2 Å². The van der Waals surface area contributed by atoms with Gasteiger partial charge in [-0.15, -0.1) is 0 Å². The molecule has 2 rings (SSSR count). The van der Waals surface area contributed by atoms with Crippen LogP contribution in [0, 0.1) is 0 Å². The van der Waals surface area contributed by atoms with Gasteiger partial charge in [-0.1, -0.05) is 18.2 Å². The maximum atomic E-state index is 12.3. The number of nitrogens with one attached hydrogen (secondary N) is 1. The minimum absolute atomic E-state index is 0.204. The van der Waals surface area contributed by atoms with Crippen molar-refractivity contribution < 1.29 is 23.8 Å². The number of para-hydroxylation sites is 1. The first-order valence-corrected chi connectivity index (χ1v) is 9.60. The summed E-state index contributed by atoms with van der Waals surface area (Å²) in [6.45, 7) is 9.66. The fraction of sp³-hybridized carbons (Fsp3) is 0.476. The number of ether oxygens (including phenoxy) is 3. The summed E-state index contributed by atoms with van der Waals surface area (Å²) in [5, 5.41) is 7.18. The normalized spacial score (nSPS) is 12.2. The lowest BCUT2D eigenvalue weighted by molar-refractivity contribution is 0.0508. The summed E-state index contributed by atoms with van der Waals surface area (Å²) < 4.78 is 17.6. The monoisotopic (exact) mass is 403 g/mol. The molecule has 0 spiro atoms. The number of benzene rings is 1. The standard InChI is InChI=1S/C21H29N3O5/c1-6-27-19(25)18-12-16(14-28-17-10-8-7-9-11-17)23-24(18)15(2)13-22-20(26)29-21(3,4)5/h7-12,15H,6,13-14H2,1-5H3,(H,22,26)/t15-/m1/s1. The predicted molar refractivity (Wildman–Crippen MR) is 108 cm³/mol. The zero-order valence-electron chi connectivity index (χ0n) is 17.6. The van der Waals surface area contributed by atoms with Crippen LogP contribution in [0.5, 0.6) is 5.75 Å². The Morgan fingerprint density at radius 1 is 1.21 bits per heavy atom. The molecule has 1 aromatic heterocycles. The molecular weight excluding hydrogens is 374 g/mol. The van der Waals surface area contributed by atoms with Crippen LogP contribution in [0.1, 0.15) is 56.8 Å². The molecule has 0 saturated heterocycles. The van der Waals surface area contributed by atoms with E-state index in [-0.39, 0.29) is 25.8 Å². The van der Waals surface area contributed by atoms with Gasteiger partial charge >= 0.3 is 12.1 Å². The van der Waals surface area contributed by atoms with Crippen LogP contribution in [0.2, 0.25) is 0 Å². The molecule has 0 saturated carbocycles. The van der Waals surface area contributed by atoms with E-state index in [1.807, 2.05) is 37.3 Å². The van der Waals surface area contributed by atoms with Crippen molar-refractivity contribution in [1.29, 1.82) is 0 Å². The molecule has 0 aliphatic carbocycles. The van der Waals surface area contributed by atoms with Gasteiger partial charge in [-0.25, -0.2) is 9.59 Å². The number of esters is 1. The second kappa shape index (κ2) is 9.95. The maximum Gasteiger partial charge on any atom is 0.407 e. The molecule has 1 N–H and O–H groups in total. The van der Waals surface area contributed by atoms with Gasteiger partial charge in [-0.3, -0.25) is 4.68 Å². The molecule has 1 heterocycles. The van der Waals surface area contributed by atoms with Crippen molar-refractivity contribution in [3.8, 4) is 5.75 Å². The molecule has 158 valence electrons. The van der Waals surface area contributed by atoms with Gasteiger partial charge in [0.25, 0.3) is 0 Å². The van der Waals surface area contributed by atoms with Gasteiger partial charge in [-0.05, 0) is 52.8 Å². The van der Waals surface area contributed by atoms with Gasteiger partial charge in [0.2, 0.25) is 0 Å². The highest BCUT2D eigenvalue weighted by Crippen LogP contribution is 2.16. The predicted octanol–water partition coefficient (Wildman–Crippen LogP) is 3.72. The van der Waals surface area contributed by atoms with E-state index in [1.54, 1.807) is 38.4 Å². The summed E-state index contributed by atoms with van der Waals surface area (Å²) in [5.74, 6) is 0.231. The number of alkyl carbamates (subject to hydrolysis) is 1. The average Bonchev–Trinajstić information content (AvgIpc) is 3.09. The van der Waals surface area contributed by atoms with E-state index < -0.39 is 17.7 Å². The number of amides is 1. The zero-order chi connectivity index (χ0) is 21.4. The summed E-state index contributed by atoms with van der Waals surface area (Å²) in [7, 11) is 0. The Labute approximate surface area is 171 Å². The number of carbonyl (C=O) groups excluding carboxylic acids is 2. The molecule has 2 aromatic rings. The summed E-state index contributed by atoms with van der Waals surface area (Å²) in [6.07, 6.45) is -0.526. The van der Waals surface area contributed by atoms with E-state index in [0.717, 1.165) is 0 Å². The summed E-state index contributed by atoms with van der Waals surface area (Å²) in [6, 6.07) is 10.7. The average molecular weight is 403 g/mol. The molecule has 1 amide bonds. The summed E-state index contributed by atoms with van der Waals surface area (Å²) in [5.41, 5.74) is 0.301. The van der Waals surface area contributed by atoms with Crippen LogP contribution in [-0.4, -0.2) is 40.6 Å². The SMILES string of the molecule is CCOC(=O)c1cc(COc2ccccc2)nn1[C@H](C)CNC(=O)OC(C)(C)C. The van der Waals surface area contributed by atoms with Gasteiger partial charge in [0.05, 0.1) is 12.6 Å².